The topological polar surface area (TPSA) is 115 Å². The quantitative estimate of drug-likeness (QED) is 0.810. The summed E-state index contributed by atoms with van der Waals surface area (Å²) in [5.74, 6) is -1.09. The summed E-state index contributed by atoms with van der Waals surface area (Å²) in [5, 5.41) is 9.60. The van der Waals surface area contributed by atoms with Crippen molar-refractivity contribution in [1.82, 2.24) is 9.78 Å². The third-order valence-corrected chi connectivity index (χ3v) is 6.55. The molecule has 1 amide bonds. The molecule has 8 nitrogen and oxygen atoms in total. The molecule has 0 radical (unpaired) electrons. The number of rotatable bonds is 3. The normalized spacial score (nSPS) is 17.4. The molecule has 2 heterocycles. The maximum Gasteiger partial charge on any atom is 0.252 e. The smallest absolute Gasteiger partial charge is 0.252 e. The summed E-state index contributed by atoms with van der Waals surface area (Å²) in [4.78, 5) is 26.8. The van der Waals surface area contributed by atoms with Crippen molar-refractivity contribution in [1.29, 1.82) is 0 Å². The van der Waals surface area contributed by atoms with E-state index < -0.39 is 15.9 Å². The Morgan fingerprint density at radius 3 is 2.43 bits per heavy atom. The molecule has 1 saturated heterocycles. The molecular formula is C18H21ClN4O4S. The first-order valence-electron chi connectivity index (χ1n) is 8.62. The first kappa shape index (κ1) is 20.5. The Kier molecular flexibility index (Phi) is 5.11. The molecule has 10 heteroatoms. The Labute approximate surface area is 168 Å². The SMILES string of the molecule is Cc1cc(C)n(C(=O)C2CC(=O)N(c3cc(C)c(S(N)(=O)=O)c(C)c3Cl)C2)n1. The number of hydrogen-bond donors (Lipinski definition) is 1. The van der Waals surface area contributed by atoms with E-state index in [0.29, 0.717) is 16.9 Å². The third kappa shape index (κ3) is 3.45. The van der Waals surface area contributed by atoms with Gasteiger partial charge < -0.3 is 4.90 Å². The maximum atomic E-state index is 12.8. The van der Waals surface area contributed by atoms with Crippen LogP contribution in [0.3, 0.4) is 0 Å². The number of amides is 1. The Balaban J connectivity index is 1.97. The van der Waals surface area contributed by atoms with E-state index in [1.165, 1.54) is 22.6 Å². The van der Waals surface area contributed by atoms with Crippen LogP contribution >= 0.6 is 11.6 Å². The highest BCUT2D eigenvalue weighted by molar-refractivity contribution is 7.89. The van der Waals surface area contributed by atoms with E-state index in [1.807, 2.05) is 0 Å². The van der Waals surface area contributed by atoms with Crippen LogP contribution in [-0.2, 0) is 14.8 Å². The number of hydrogen-bond acceptors (Lipinski definition) is 5. The number of aryl methyl sites for hydroxylation is 3. The second kappa shape index (κ2) is 6.98. The number of nitrogens with zero attached hydrogens (tertiary/aromatic N) is 3. The summed E-state index contributed by atoms with van der Waals surface area (Å²) < 4.78 is 25.0. The van der Waals surface area contributed by atoms with Crippen LogP contribution in [0.2, 0.25) is 5.02 Å². The zero-order valence-electron chi connectivity index (χ0n) is 16.0. The Morgan fingerprint density at radius 1 is 1.25 bits per heavy atom. The van der Waals surface area contributed by atoms with Gasteiger partial charge in [-0.05, 0) is 51.0 Å². The summed E-state index contributed by atoms with van der Waals surface area (Å²) in [7, 11) is -3.96. The van der Waals surface area contributed by atoms with Crippen molar-refractivity contribution >= 4 is 39.1 Å². The molecule has 28 heavy (non-hydrogen) atoms. The molecule has 1 atom stereocenters. The predicted octanol–water partition coefficient (Wildman–Crippen LogP) is 2.11. The number of sulfonamides is 1. The Bertz CT molecular complexity index is 1110. The first-order chi connectivity index (χ1) is 12.9. The van der Waals surface area contributed by atoms with Crippen LogP contribution in [-0.4, -0.2) is 36.6 Å². The van der Waals surface area contributed by atoms with E-state index in [1.54, 1.807) is 26.8 Å². The third-order valence-electron chi connectivity index (χ3n) is 4.87. The number of benzene rings is 1. The van der Waals surface area contributed by atoms with Crippen LogP contribution in [0.5, 0.6) is 0 Å². The summed E-state index contributed by atoms with van der Waals surface area (Å²) in [5.41, 5.74) is 2.47. The predicted molar refractivity (Wildman–Crippen MR) is 105 cm³/mol. The number of aromatic nitrogens is 2. The van der Waals surface area contributed by atoms with E-state index in [4.69, 9.17) is 16.7 Å². The number of carbonyl (C=O) groups is 2. The van der Waals surface area contributed by atoms with Gasteiger partial charge in [-0.1, -0.05) is 11.6 Å². The highest BCUT2D eigenvalue weighted by atomic mass is 35.5. The molecule has 0 saturated carbocycles. The molecule has 1 unspecified atom stereocenters. The fraction of sp³-hybridized carbons (Fsp3) is 0.389. The monoisotopic (exact) mass is 424 g/mol. The zero-order valence-corrected chi connectivity index (χ0v) is 17.6. The second-order valence-corrected chi connectivity index (χ2v) is 8.98. The second-order valence-electron chi connectivity index (χ2n) is 7.11. The van der Waals surface area contributed by atoms with E-state index in [0.717, 1.165) is 5.69 Å². The van der Waals surface area contributed by atoms with E-state index >= 15 is 0 Å². The van der Waals surface area contributed by atoms with Crippen molar-refractivity contribution in [2.45, 2.75) is 39.0 Å². The van der Waals surface area contributed by atoms with E-state index in [-0.39, 0.29) is 40.3 Å². The van der Waals surface area contributed by atoms with Crippen molar-refractivity contribution in [3.8, 4) is 0 Å². The van der Waals surface area contributed by atoms with Crippen LogP contribution in [0.15, 0.2) is 17.0 Å². The minimum absolute atomic E-state index is 0.0303. The van der Waals surface area contributed by atoms with Crippen LogP contribution in [0.1, 0.15) is 33.7 Å². The summed E-state index contributed by atoms with van der Waals surface area (Å²) >= 11 is 6.38. The first-order valence-corrected chi connectivity index (χ1v) is 10.5. The Hall–Kier alpha value is -2.23. The minimum Gasteiger partial charge on any atom is -0.310 e. The highest BCUT2D eigenvalue weighted by Gasteiger charge is 2.38. The van der Waals surface area contributed by atoms with Gasteiger partial charge >= 0.3 is 0 Å². The lowest BCUT2D eigenvalue weighted by Gasteiger charge is -2.21. The van der Waals surface area contributed by atoms with Gasteiger partial charge in [0.2, 0.25) is 15.9 Å². The molecule has 150 valence electrons. The van der Waals surface area contributed by atoms with Gasteiger partial charge in [-0.2, -0.15) is 5.10 Å². The molecule has 2 aromatic rings. The van der Waals surface area contributed by atoms with Gasteiger partial charge in [-0.25, -0.2) is 18.2 Å². The molecule has 2 N–H and O–H groups in total. The van der Waals surface area contributed by atoms with Gasteiger partial charge in [0.15, 0.2) is 0 Å². The van der Waals surface area contributed by atoms with E-state index in [9.17, 15) is 18.0 Å². The van der Waals surface area contributed by atoms with Gasteiger partial charge in [-0.15, -0.1) is 0 Å². The molecule has 1 aliphatic heterocycles. The van der Waals surface area contributed by atoms with Gasteiger partial charge in [0, 0.05) is 18.7 Å². The minimum atomic E-state index is -3.96. The molecule has 0 spiro atoms. The van der Waals surface area contributed by atoms with Crippen molar-refractivity contribution in [3.05, 3.63) is 39.7 Å². The maximum absolute atomic E-state index is 12.8. The number of halogens is 1. The van der Waals surface area contributed by atoms with Crippen molar-refractivity contribution in [2.75, 3.05) is 11.4 Å². The van der Waals surface area contributed by atoms with Crippen LogP contribution in [0, 0.1) is 33.6 Å². The highest BCUT2D eigenvalue weighted by Crippen LogP contribution is 2.38. The van der Waals surface area contributed by atoms with Gasteiger partial charge in [-0.3, -0.25) is 9.59 Å². The van der Waals surface area contributed by atoms with Crippen molar-refractivity contribution in [2.24, 2.45) is 11.1 Å². The molecule has 0 aliphatic carbocycles. The molecule has 1 fully saturated rings. The number of primary sulfonamides is 1. The fourth-order valence-corrected chi connectivity index (χ4v) is 5.03. The van der Waals surface area contributed by atoms with Crippen LogP contribution in [0.25, 0.3) is 0 Å². The lowest BCUT2D eigenvalue weighted by Crippen LogP contribution is -2.29. The summed E-state index contributed by atoms with van der Waals surface area (Å²) in [6.07, 6.45) is 0.0303. The van der Waals surface area contributed by atoms with E-state index in [2.05, 4.69) is 5.10 Å². The lowest BCUT2D eigenvalue weighted by atomic mass is 10.1. The molecule has 1 aliphatic rings. The Morgan fingerprint density at radius 2 is 1.89 bits per heavy atom. The average Bonchev–Trinajstić information content (AvgIpc) is 3.11. The van der Waals surface area contributed by atoms with Crippen molar-refractivity contribution < 1.29 is 18.0 Å². The van der Waals surface area contributed by atoms with Gasteiger partial charge in [0.1, 0.15) is 0 Å². The zero-order chi connectivity index (χ0) is 21.0. The standard InChI is InChI=1S/C18H21ClN4O4S/c1-9-5-14(16(19)12(4)17(9)28(20,26)27)22-8-13(7-15(22)24)18(25)23-11(3)6-10(2)21-23/h5-6,13H,7-8H2,1-4H3,(H2,20,26,27). The summed E-state index contributed by atoms with van der Waals surface area (Å²) in [6.45, 7) is 6.84. The van der Waals surface area contributed by atoms with Gasteiger partial charge in [0.05, 0.1) is 27.2 Å². The number of anilines is 1. The summed E-state index contributed by atoms with van der Waals surface area (Å²) in [6, 6.07) is 3.31. The lowest BCUT2D eigenvalue weighted by molar-refractivity contribution is -0.117. The number of nitrogens with two attached hydrogens (primary N) is 1. The van der Waals surface area contributed by atoms with Crippen molar-refractivity contribution in [3.63, 3.8) is 0 Å². The molecule has 1 aromatic carbocycles. The average molecular weight is 425 g/mol. The number of carbonyl (C=O) groups excluding carboxylic acids is 2. The molecule has 3 rings (SSSR count). The van der Waals surface area contributed by atoms with Gasteiger partial charge in [0.25, 0.3) is 5.91 Å². The fourth-order valence-electron chi connectivity index (χ4n) is 3.69. The van der Waals surface area contributed by atoms with Crippen LogP contribution < -0.4 is 10.0 Å². The molecular weight excluding hydrogens is 404 g/mol. The largest absolute Gasteiger partial charge is 0.310 e. The molecule has 1 aromatic heterocycles. The van der Waals surface area contributed by atoms with Crippen LogP contribution in [0.4, 0.5) is 5.69 Å². The molecule has 0 bridgehead atoms.